The second-order valence-corrected chi connectivity index (χ2v) is 4.64. The topological polar surface area (TPSA) is 82.2 Å². The Morgan fingerprint density at radius 2 is 2.29 bits per heavy atom. The van der Waals surface area contributed by atoms with Gasteiger partial charge in [-0.25, -0.2) is 0 Å². The Morgan fingerprint density at radius 1 is 1.52 bits per heavy atom. The van der Waals surface area contributed by atoms with Crippen molar-refractivity contribution in [3.05, 3.63) is 46.3 Å². The Morgan fingerprint density at radius 3 is 2.86 bits per heavy atom. The van der Waals surface area contributed by atoms with Gasteiger partial charge in [-0.05, 0) is 26.0 Å². The number of hydrogen-bond acceptors (Lipinski definition) is 5. The number of hydrogen-bond donors (Lipinski definition) is 1. The van der Waals surface area contributed by atoms with E-state index >= 15 is 0 Å². The van der Waals surface area contributed by atoms with Crippen molar-refractivity contribution in [3.63, 3.8) is 0 Å². The van der Waals surface area contributed by atoms with Gasteiger partial charge in [0.1, 0.15) is 11.4 Å². The number of aryl methyl sites for hydroxylation is 1. The number of methoxy groups -OCH3 is 1. The first-order valence-electron chi connectivity index (χ1n) is 6.66. The fraction of sp³-hybridized carbons (Fsp3) is 0.357. The van der Waals surface area contributed by atoms with Crippen molar-refractivity contribution in [3.8, 4) is 5.75 Å². The van der Waals surface area contributed by atoms with E-state index in [-0.39, 0.29) is 11.7 Å². The van der Waals surface area contributed by atoms with Crippen molar-refractivity contribution in [1.82, 2.24) is 9.78 Å². The van der Waals surface area contributed by atoms with Gasteiger partial charge in [0.05, 0.1) is 30.3 Å². The lowest BCUT2D eigenvalue weighted by Crippen LogP contribution is -2.08. The van der Waals surface area contributed by atoms with Crippen LogP contribution in [0.25, 0.3) is 0 Å². The molecule has 0 radical (unpaired) electrons. The highest BCUT2D eigenvalue weighted by molar-refractivity contribution is 5.64. The van der Waals surface area contributed by atoms with E-state index in [9.17, 15) is 10.1 Å². The van der Waals surface area contributed by atoms with E-state index in [0.29, 0.717) is 11.4 Å². The maximum Gasteiger partial charge on any atom is 0.296 e. The molecule has 1 atom stereocenters. The van der Waals surface area contributed by atoms with Gasteiger partial charge >= 0.3 is 0 Å². The summed E-state index contributed by atoms with van der Waals surface area (Å²) in [6, 6.07) is 4.66. The molecule has 1 heterocycles. The Bertz CT molecular complexity index is 639. The number of nitrogens with one attached hydrogen (secondary N) is 1. The van der Waals surface area contributed by atoms with E-state index in [1.165, 1.54) is 13.2 Å². The van der Waals surface area contributed by atoms with Crippen molar-refractivity contribution in [2.45, 2.75) is 26.4 Å². The summed E-state index contributed by atoms with van der Waals surface area (Å²) in [5.41, 5.74) is 1.42. The maximum absolute atomic E-state index is 11.2. The number of nitro benzene ring substituents is 1. The summed E-state index contributed by atoms with van der Waals surface area (Å²) in [6.07, 6.45) is 3.68. The number of aromatic nitrogens is 2. The fourth-order valence-electron chi connectivity index (χ4n) is 2.00. The molecular formula is C14H18N4O3. The molecule has 7 nitrogen and oxygen atoms in total. The Kier molecular flexibility index (Phi) is 4.42. The minimum Gasteiger partial charge on any atom is -0.496 e. The van der Waals surface area contributed by atoms with Gasteiger partial charge in [-0.3, -0.25) is 14.8 Å². The zero-order valence-electron chi connectivity index (χ0n) is 12.2. The van der Waals surface area contributed by atoms with E-state index in [2.05, 4.69) is 10.4 Å². The molecule has 112 valence electrons. The summed E-state index contributed by atoms with van der Waals surface area (Å²) in [6.45, 7) is 4.73. The monoisotopic (exact) mass is 290 g/mol. The highest BCUT2D eigenvalue weighted by atomic mass is 16.6. The summed E-state index contributed by atoms with van der Waals surface area (Å²) < 4.78 is 6.84. The first kappa shape index (κ1) is 14.8. The van der Waals surface area contributed by atoms with Gasteiger partial charge in [-0.1, -0.05) is 0 Å². The Labute approximate surface area is 122 Å². The van der Waals surface area contributed by atoms with Crippen LogP contribution in [0, 0.1) is 10.1 Å². The predicted octanol–water partition coefficient (Wildman–Crippen LogP) is 2.99. The molecule has 0 saturated heterocycles. The molecule has 7 heteroatoms. The van der Waals surface area contributed by atoms with Crippen LogP contribution in [-0.2, 0) is 6.54 Å². The number of anilines is 1. The average molecular weight is 290 g/mol. The van der Waals surface area contributed by atoms with Crippen molar-refractivity contribution < 1.29 is 9.66 Å². The van der Waals surface area contributed by atoms with Gasteiger partial charge in [0.15, 0.2) is 0 Å². The minimum atomic E-state index is -0.424. The molecule has 21 heavy (non-hydrogen) atoms. The van der Waals surface area contributed by atoms with E-state index in [1.54, 1.807) is 18.3 Å². The first-order valence-corrected chi connectivity index (χ1v) is 6.66. The lowest BCUT2D eigenvalue weighted by atomic mass is 10.1. The normalized spacial score (nSPS) is 12.0. The summed E-state index contributed by atoms with van der Waals surface area (Å²) >= 11 is 0. The van der Waals surface area contributed by atoms with E-state index in [4.69, 9.17) is 4.74 Å². The minimum absolute atomic E-state index is 0.0101. The number of nitro groups is 1. The third-order valence-electron chi connectivity index (χ3n) is 3.25. The molecule has 1 unspecified atom stereocenters. The Balaban J connectivity index is 2.23. The largest absolute Gasteiger partial charge is 0.496 e. The van der Waals surface area contributed by atoms with Gasteiger partial charge in [-0.15, -0.1) is 0 Å². The van der Waals surface area contributed by atoms with Crippen LogP contribution in [-0.4, -0.2) is 21.8 Å². The van der Waals surface area contributed by atoms with Crippen LogP contribution in [0.4, 0.5) is 11.4 Å². The van der Waals surface area contributed by atoms with Gasteiger partial charge < -0.3 is 10.1 Å². The fourth-order valence-corrected chi connectivity index (χ4v) is 2.00. The molecule has 0 saturated carbocycles. The predicted molar refractivity (Wildman–Crippen MR) is 79.6 cm³/mol. The standard InChI is InChI=1S/C14H18N4O3/c1-4-17-9-11(8-15-17)10(2)16-13-6-5-12(21-3)7-14(13)18(19)20/h5-10,16H,4H2,1-3H3. The average Bonchev–Trinajstić information content (AvgIpc) is 2.96. The summed E-state index contributed by atoms with van der Waals surface area (Å²) in [7, 11) is 1.48. The van der Waals surface area contributed by atoms with Crippen molar-refractivity contribution in [2.75, 3.05) is 12.4 Å². The van der Waals surface area contributed by atoms with E-state index < -0.39 is 4.92 Å². The Hall–Kier alpha value is -2.57. The van der Waals surface area contributed by atoms with Gasteiger partial charge in [0.2, 0.25) is 0 Å². The number of benzene rings is 1. The second kappa shape index (κ2) is 6.25. The van der Waals surface area contributed by atoms with Crippen LogP contribution in [0.5, 0.6) is 5.75 Å². The highest BCUT2D eigenvalue weighted by Crippen LogP contribution is 2.31. The number of ether oxygens (including phenoxy) is 1. The van der Waals surface area contributed by atoms with Crippen molar-refractivity contribution in [1.29, 1.82) is 0 Å². The van der Waals surface area contributed by atoms with Gasteiger partial charge in [-0.2, -0.15) is 5.10 Å². The quantitative estimate of drug-likeness (QED) is 0.653. The second-order valence-electron chi connectivity index (χ2n) is 4.64. The molecule has 0 aliphatic rings. The van der Waals surface area contributed by atoms with Gasteiger partial charge in [0, 0.05) is 18.3 Å². The molecule has 0 aliphatic heterocycles. The molecule has 0 bridgehead atoms. The summed E-state index contributed by atoms with van der Waals surface area (Å²) in [4.78, 5) is 10.7. The molecule has 1 aromatic carbocycles. The van der Waals surface area contributed by atoms with Crippen molar-refractivity contribution >= 4 is 11.4 Å². The third-order valence-corrected chi connectivity index (χ3v) is 3.25. The molecular weight excluding hydrogens is 272 g/mol. The highest BCUT2D eigenvalue weighted by Gasteiger charge is 2.18. The smallest absolute Gasteiger partial charge is 0.296 e. The molecule has 0 amide bonds. The first-order chi connectivity index (χ1) is 10.0. The van der Waals surface area contributed by atoms with E-state index in [1.807, 2.05) is 24.7 Å². The van der Waals surface area contributed by atoms with Crippen LogP contribution in [0.1, 0.15) is 25.5 Å². The third kappa shape index (κ3) is 3.31. The van der Waals surface area contributed by atoms with Crippen molar-refractivity contribution in [2.24, 2.45) is 0 Å². The van der Waals surface area contributed by atoms with Crippen LogP contribution in [0.15, 0.2) is 30.6 Å². The van der Waals surface area contributed by atoms with Gasteiger partial charge in [0.25, 0.3) is 5.69 Å². The molecule has 0 aliphatic carbocycles. The lowest BCUT2D eigenvalue weighted by molar-refractivity contribution is -0.384. The molecule has 2 aromatic rings. The molecule has 0 spiro atoms. The maximum atomic E-state index is 11.2. The van der Waals surface area contributed by atoms with Crippen LogP contribution >= 0.6 is 0 Å². The zero-order chi connectivity index (χ0) is 15.4. The number of rotatable bonds is 6. The molecule has 1 N–H and O–H groups in total. The number of nitrogens with zero attached hydrogens (tertiary/aromatic N) is 3. The zero-order valence-corrected chi connectivity index (χ0v) is 12.2. The molecule has 2 rings (SSSR count). The van der Waals surface area contributed by atoms with Crippen LogP contribution in [0.2, 0.25) is 0 Å². The SMILES string of the molecule is CCn1cc(C(C)Nc2ccc(OC)cc2[N+](=O)[O-])cn1. The summed E-state index contributed by atoms with van der Waals surface area (Å²) in [5, 5.41) is 18.5. The van der Waals surface area contributed by atoms with Crippen LogP contribution in [0.3, 0.4) is 0 Å². The van der Waals surface area contributed by atoms with Crippen LogP contribution < -0.4 is 10.1 Å². The molecule has 0 fully saturated rings. The summed E-state index contributed by atoms with van der Waals surface area (Å²) in [5.74, 6) is 0.457. The lowest BCUT2D eigenvalue weighted by Gasteiger charge is -2.14. The van der Waals surface area contributed by atoms with E-state index in [0.717, 1.165) is 12.1 Å². The molecule has 1 aromatic heterocycles.